The van der Waals surface area contributed by atoms with E-state index < -0.39 is 0 Å². The maximum absolute atomic E-state index is 11.5. The second-order valence-corrected chi connectivity index (χ2v) is 3.11. The van der Waals surface area contributed by atoms with E-state index in [0.717, 1.165) is 17.8 Å². The molecule has 0 fully saturated rings. The fourth-order valence-electron chi connectivity index (χ4n) is 1.52. The van der Waals surface area contributed by atoms with Gasteiger partial charge in [-0.25, -0.2) is 4.79 Å². The summed E-state index contributed by atoms with van der Waals surface area (Å²) >= 11 is 0. The van der Waals surface area contributed by atoms with Crippen molar-refractivity contribution in [3.8, 4) is 5.69 Å². The molecule has 0 amide bonds. The molecule has 0 aliphatic carbocycles. The lowest BCUT2D eigenvalue weighted by molar-refractivity contribution is 0.899. The maximum Gasteiger partial charge on any atom is 0.330 e. The number of aromatic amines is 1. The van der Waals surface area contributed by atoms with Gasteiger partial charge in [-0.2, -0.15) is 0 Å². The van der Waals surface area contributed by atoms with Crippen LogP contribution < -0.4 is 5.69 Å². The zero-order valence-corrected chi connectivity index (χ0v) is 8.03. The van der Waals surface area contributed by atoms with Crippen LogP contribution in [-0.4, -0.2) is 9.55 Å². The highest BCUT2D eigenvalue weighted by atomic mass is 16.1. The molecule has 3 nitrogen and oxygen atoms in total. The Morgan fingerprint density at radius 2 is 2.00 bits per heavy atom. The van der Waals surface area contributed by atoms with Crippen molar-refractivity contribution in [3.63, 3.8) is 0 Å². The van der Waals surface area contributed by atoms with Crippen molar-refractivity contribution in [3.05, 3.63) is 52.7 Å². The highest BCUT2D eigenvalue weighted by Crippen LogP contribution is 2.07. The van der Waals surface area contributed by atoms with Crippen LogP contribution in [0.15, 0.2) is 41.3 Å². The van der Waals surface area contributed by atoms with Gasteiger partial charge in [0, 0.05) is 11.9 Å². The zero-order chi connectivity index (χ0) is 9.97. The van der Waals surface area contributed by atoms with Crippen molar-refractivity contribution in [2.24, 2.45) is 0 Å². The molecule has 14 heavy (non-hydrogen) atoms. The molecule has 72 valence electrons. The third kappa shape index (κ3) is 1.37. The highest BCUT2D eigenvalue weighted by Gasteiger charge is 2.05. The topological polar surface area (TPSA) is 37.8 Å². The van der Waals surface area contributed by atoms with Crippen LogP contribution in [0.4, 0.5) is 0 Å². The number of aryl methyl sites for hydroxylation is 1. The molecule has 1 aromatic heterocycles. The molecule has 0 bridgehead atoms. The van der Waals surface area contributed by atoms with Crippen molar-refractivity contribution < 1.29 is 0 Å². The van der Waals surface area contributed by atoms with Gasteiger partial charge >= 0.3 is 5.69 Å². The number of H-pyrrole nitrogens is 1. The fourth-order valence-corrected chi connectivity index (χ4v) is 1.52. The van der Waals surface area contributed by atoms with Crippen LogP contribution in [-0.2, 0) is 6.42 Å². The minimum absolute atomic E-state index is 0.0759. The third-order valence-electron chi connectivity index (χ3n) is 2.23. The summed E-state index contributed by atoms with van der Waals surface area (Å²) in [5.74, 6) is 0. The number of para-hydroxylation sites is 1. The number of nitrogens with zero attached hydrogens (tertiary/aromatic N) is 1. The lowest BCUT2D eigenvalue weighted by Crippen LogP contribution is -2.16. The molecule has 0 saturated carbocycles. The SMILES string of the molecule is CCc1c[nH]c(=O)n1-c1ccccc1. The lowest BCUT2D eigenvalue weighted by Gasteiger charge is -2.04. The molecule has 0 spiro atoms. The smallest absolute Gasteiger partial charge is 0.312 e. The monoisotopic (exact) mass is 188 g/mol. The summed E-state index contributed by atoms with van der Waals surface area (Å²) in [5, 5.41) is 0. The molecule has 3 heteroatoms. The lowest BCUT2D eigenvalue weighted by atomic mass is 10.3. The first-order valence-electron chi connectivity index (χ1n) is 4.67. The quantitative estimate of drug-likeness (QED) is 0.765. The molecule has 1 aromatic carbocycles. The molecule has 2 rings (SSSR count). The first kappa shape index (κ1) is 8.81. The normalized spacial score (nSPS) is 10.4. The summed E-state index contributed by atoms with van der Waals surface area (Å²) < 4.78 is 1.69. The number of hydrogen-bond donors (Lipinski definition) is 1. The summed E-state index contributed by atoms with van der Waals surface area (Å²) in [6.07, 6.45) is 2.60. The van der Waals surface area contributed by atoms with Gasteiger partial charge in [0.1, 0.15) is 0 Å². The predicted molar refractivity (Wildman–Crippen MR) is 55.8 cm³/mol. The minimum atomic E-state index is -0.0759. The average molecular weight is 188 g/mol. The summed E-state index contributed by atoms with van der Waals surface area (Å²) in [5.41, 5.74) is 1.84. The largest absolute Gasteiger partial charge is 0.330 e. The molecule has 0 aliphatic heterocycles. The van der Waals surface area contributed by atoms with Crippen LogP contribution in [0, 0.1) is 0 Å². The van der Waals surface area contributed by atoms with Crippen LogP contribution in [0.1, 0.15) is 12.6 Å². The number of rotatable bonds is 2. The first-order chi connectivity index (χ1) is 6.83. The van der Waals surface area contributed by atoms with Crippen molar-refractivity contribution in [2.45, 2.75) is 13.3 Å². The Balaban J connectivity index is 2.61. The number of imidazole rings is 1. The molecule has 0 aliphatic rings. The third-order valence-corrected chi connectivity index (χ3v) is 2.23. The number of hydrogen-bond acceptors (Lipinski definition) is 1. The van der Waals surface area contributed by atoms with Crippen LogP contribution in [0.3, 0.4) is 0 Å². The van der Waals surface area contributed by atoms with Gasteiger partial charge in [0.25, 0.3) is 0 Å². The Bertz CT molecular complexity index is 468. The van der Waals surface area contributed by atoms with Gasteiger partial charge in [-0.15, -0.1) is 0 Å². The Labute approximate surface area is 82.0 Å². The van der Waals surface area contributed by atoms with Crippen molar-refractivity contribution in [1.29, 1.82) is 0 Å². The second kappa shape index (κ2) is 3.54. The number of benzene rings is 1. The molecular weight excluding hydrogens is 176 g/mol. The minimum Gasteiger partial charge on any atom is -0.312 e. The predicted octanol–water partition coefficient (Wildman–Crippen LogP) is 1.73. The standard InChI is InChI=1S/C11H12N2O/c1-2-9-8-12-11(14)13(9)10-6-4-3-5-7-10/h3-8H,2H2,1H3,(H,12,14). The van der Waals surface area contributed by atoms with Gasteiger partial charge in [-0.05, 0) is 18.6 Å². The molecule has 1 N–H and O–H groups in total. The van der Waals surface area contributed by atoms with E-state index in [9.17, 15) is 4.79 Å². The van der Waals surface area contributed by atoms with E-state index >= 15 is 0 Å². The average Bonchev–Trinajstić information content (AvgIpc) is 2.61. The van der Waals surface area contributed by atoms with E-state index in [2.05, 4.69) is 4.98 Å². The van der Waals surface area contributed by atoms with E-state index in [-0.39, 0.29) is 5.69 Å². The molecule has 0 saturated heterocycles. The van der Waals surface area contributed by atoms with Gasteiger partial charge in [-0.3, -0.25) is 4.57 Å². The van der Waals surface area contributed by atoms with Gasteiger partial charge in [0.15, 0.2) is 0 Å². The second-order valence-electron chi connectivity index (χ2n) is 3.11. The Hall–Kier alpha value is -1.77. The fraction of sp³-hybridized carbons (Fsp3) is 0.182. The Morgan fingerprint density at radius 1 is 1.29 bits per heavy atom. The molecular formula is C11H12N2O. The summed E-state index contributed by atoms with van der Waals surface area (Å²) in [7, 11) is 0. The van der Waals surface area contributed by atoms with Crippen molar-refractivity contribution in [1.82, 2.24) is 9.55 Å². The van der Waals surface area contributed by atoms with E-state index in [0.29, 0.717) is 0 Å². The van der Waals surface area contributed by atoms with Gasteiger partial charge in [-0.1, -0.05) is 25.1 Å². The van der Waals surface area contributed by atoms with Gasteiger partial charge < -0.3 is 4.98 Å². The molecule has 0 unspecified atom stereocenters. The van der Waals surface area contributed by atoms with E-state index in [1.165, 1.54) is 0 Å². The van der Waals surface area contributed by atoms with Crippen LogP contribution >= 0.6 is 0 Å². The summed E-state index contributed by atoms with van der Waals surface area (Å²) in [6, 6.07) is 9.64. The number of nitrogens with one attached hydrogen (secondary N) is 1. The maximum atomic E-state index is 11.5. The Kier molecular flexibility index (Phi) is 2.23. The zero-order valence-electron chi connectivity index (χ0n) is 8.03. The van der Waals surface area contributed by atoms with Crippen molar-refractivity contribution in [2.75, 3.05) is 0 Å². The summed E-state index contributed by atoms with van der Waals surface area (Å²) in [6.45, 7) is 2.03. The van der Waals surface area contributed by atoms with E-state index in [1.54, 1.807) is 10.8 Å². The number of aromatic nitrogens is 2. The molecule has 0 atom stereocenters. The van der Waals surface area contributed by atoms with Crippen LogP contribution in [0.25, 0.3) is 5.69 Å². The Morgan fingerprint density at radius 3 is 2.64 bits per heavy atom. The molecule has 0 radical (unpaired) electrons. The van der Waals surface area contributed by atoms with Gasteiger partial charge in [0.2, 0.25) is 0 Å². The van der Waals surface area contributed by atoms with E-state index in [4.69, 9.17) is 0 Å². The van der Waals surface area contributed by atoms with Crippen LogP contribution in [0.2, 0.25) is 0 Å². The molecule has 2 aromatic rings. The summed E-state index contributed by atoms with van der Waals surface area (Å²) in [4.78, 5) is 14.2. The van der Waals surface area contributed by atoms with Gasteiger partial charge in [0.05, 0.1) is 5.69 Å². The van der Waals surface area contributed by atoms with Crippen molar-refractivity contribution >= 4 is 0 Å². The molecule has 1 heterocycles. The van der Waals surface area contributed by atoms with E-state index in [1.807, 2.05) is 37.3 Å². The van der Waals surface area contributed by atoms with Crippen LogP contribution in [0.5, 0.6) is 0 Å². The first-order valence-corrected chi connectivity index (χ1v) is 4.67. The highest BCUT2D eigenvalue weighted by molar-refractivity contribution is 5.33.